The van der Waals surface area contributed by atoms with Crippen LogP contribution in [-0.4, -0.2) is 46.7 Å². The van der Waals surface area contributed by atoms with E-state index in [1.807, 2.05) is 20.1 Å². The van der Waals surface area contributed by atoms with Gasteiger partial charge in [-0.25, -0.2) is 4.39 Å². The van der Waals surface area contributed by atoms with Crippen molar-refractivity contribution in [3.63, 3.8) is 0 Å². The lowest BCUT2D eigenvalue weighted by Gasteiger charge is -2.31. The van der Waals surface area contributed by atoms with Crippen LogP contribution in [0.2, 0.25) is 0 Å². The summed E-state index contributed by atoms with van der Waals surface area (Å²) in [6.07, 6.45) is 3.27. The maximum atomic E-state index is 14.1. The molecule has 6 nitrogen and oxygen atoms in total. The molecular formula is C20H24FN3O3S. The van der Waals surface area contributed by atoms with E-state index in [-0.39, 0.29) is 29.8 Å². The van der Waals surface area contributed by atoms with Gasteiger partial charge in [-0.3, -0.25) is 24.6 Å². The number of halogens is 1. The third kappa shape index (κ3) is 2.47. The molecule has 150 valence electrons. The number of imide groups is 1. The Bertz CT molecular complexity index is 863. The highest BCUT2D eigenvalue weighted by molar-refractivity contribution is 7.98. The number of carbonyl (C=O) groups is 3. The summed E-state index contributed by atoms with van der Waals surface area (Å²) >= 11 is 1.65. The number of anilines is 1. The molecule has 5 atom stereocenters. The number of likely N-dealkylation sites (tertiary alicyclic amines) is 1. The van der Waals surface area contributed by atoms with Gasteiger partial charge in [-0.1, -0.05) is 6.92 Å². The van der Waals surface area contributed by atoms with Crippen molar-refractivity contribution in [2.24, 2.45) is 11.8 Å². The first-order valence-electron chi connectivity index (χ1n) is 9.61. The zero-order valence-electron chi connectivity index (χ0n) is 16.1. The van der Waals surface area contributed by atoms with E-state index in [1.54, 1.807) is 11.8 Å². The van der Waals surface area contributed by atoms with Gasteiger partial charge >= 0.3 is 0 Å². The van der Waals surface area contributed by atoms with E-state index in [9.17, 15) is 18.8 Å². The number of nitrogens with one attached hydrogen (secondary N) is 2. The van der Waals surface area contributed by atoms with Crippen LogP contribution in [0, 0.1) is 17.7 Å². The molecule has 0 saturated carbocycles. The van der Waals surface area contributed by atoms with Crippen molar-refractivity contribution in [2.45, 2.75) is 44.3 Å². The Hall–Kier alpha value is -1.93. The van der Waals surface area contributed by atoms with Gasteiger partial charge in [0, 0.05) is 23.3 Å². The summed E-state index contributed by atoms with van der Waals surface area (Å²) in [5.74, 6) is -2.11. The van der Waals surface area contributed by atoms with Crippen molar-refractivity contribution in [1.82, 2.24) is 10.2 Å². The second-order valence-corrected chi connectivity index (χ2v) is 8.78. The molecule has 2 fully saturated rings. The summed E-state index contributed by atoms with van der Waals surface area (Å²) in [4.78, 5) is 41.1. The predicted octanol–water partition coefficient (Wildman–Crippen LogP) is 2.10. The second-order valence-electron chi connectivity index (χ2n) is 7.79. The summed E-state index contributed by atoms with van der Waals surface area (Å²) in [5, 5.41) is 6.10. The predicted molar refractivity (Wildman–Crippen MR) is 105 cm³/mol. The molecule has 1 spiro atoms. The van der Waals surface area contributed by atoms with Crippen molar-refractivity contribution < 1.29 is 18.8 Å². The van der Waals surface area contributed by atoms with E-state index in [0.29, 0.717) is 24.1 Å². The monoisotopic (exact) mass is 405 g/mol. The molecule has 3 unspecified atom stereocenters. The second kappa shape index (κ2) is 6.84. The van der Waals surface area contributed by atoms with Crippen LogP contribution in [0.1, 0.15) is 32.3 Å². The third-order valence-electron chi connectivity index (χ3n) is 6.38. The van der Waals surface area contributed by atoms with Crippen molar-refractivity contribution in [2.75, 3.05) is 17.3 Å². The molecule has 0 bridgehead atoms. The maximum absolute atomic E-state index is 14.1. The molecule has 2 N–H and O–H groups in total. The van der Waals surface area contributed by atoms with Gasteiger partial charge in [-0.15, -0.1) is 0 Å². The van der Waals surface area contributed by atoms with Crippen molar-refractivity contribution >= 4 is 35.2 Å². The van der Waals surface area contributed by atoms with Gasteiger partial charge in [0.05, 0.1) is 11.8 Å². The summed E-state index contributed by atoms with van der Waals surface area (Å²) < 4.78 is 14.1. The maximum Gasteiger partial charge on any atom is 0.250 e. The largest absolute Gasteiger partial charge is 0.324 e. The fraction of sp³-hybridized carbons (Fsp3) is 0.550. The Morgan fingerprint density at radius 2 is 2.04 bits per heavy atom. The van der Waals surface area contributed by atoms with Gasteiger partial charge in [-0.05, 0) is 50.0 Å². The van der Waals surface area contributed by atoms with E-state index in [1.165, 1.54) is 23.1 Å². The molecule has 8 heteroatoms. The zero-order valence-corrected chi connectivity index (χ0v) is 16.9. The molecule has 4 rings (SSSR count). The lowest BCUT2D eigenvalue weighted by atomic mass is 9.76. The number of hydrogen-bond donors (Lipinski definition) is 2. The number of rotatable bonds is 5. The minimum atomic E-state index is -1.40. The molecule has 28 heavy (non-hydrogen) atoms. The van der Waals surface area contributed by atoms with Crippen LogP contribution in [0.5, 0.6) is 0 Å². The summed E-state index contributed by atoms with van der Waals surface area (Å²) in [6, 6.07) is 3.54. The number of nitrogens with zero attached hydrogens (tertiary/aromatic N) is 1. The summed E-state index contributed by atoms with van der Waals surface area (Å²) in [7, 11) is 0. The summed E-state index contributed by atoms with van der Waals surface area (Å²) in [5.41, 5.74) is -0.489. The first-order chi connectivity index (χ1) is 13.4. The highest BCUT2D eigenvalue weighted by Crippen LogP contribution is 2.53. The number of benzene rings is 1. The SMILES string of the molecule is CCC(C)N1C(=O)[C@@H]2C(CCSC)NC3(C(=O)Nc4ccc(F)cc43)[C@@H]2C1=O. The van der Waals surface area contributed by atoms with E-state index in [4.69, 9.17) is 0 Å². The van der Waals surface area contributed by atoms with E-state index >= 15 is 0 Å². The lowest BCUT2D eigenvalue weighted by Crippen LogP contribution is -2.54. The molecule has 0 aromatic heterocycles. The van der Waals surface area contributed by atoms with Crippen LogP contribution in [0.15, 0.2) is 18.2 Å². The average molecular weight is 405 g/mol. The minimum absolute atomic E-state index is 0.225. The zero-order chi connectivity index (χ0) is 20.2. The molecule has 1 aromatic rings. The number of fused-ring (bicyclic) bond motifs is 4. The first kappa shape index (κ1) is 19.4. The van der Waals surface area contributed by atoms with Gasteiger partial charge < -0.3 is 5.32 Å². The molecular weight excluding hydrogens is 381 g/mol. The van der Waals surface area contributed by atoms with Gasteiger partial charge in [0.15, 0.2) is 0 Å². The Morgan fingerprint density at radius 3 is 2.71 bits per heavy atom. The molecule has 3 aliphatic heterocycles. The number of amides is 3. The highest BCUT2D eigenvalue weighted by atomic mass is 32.2. The normalized spacial score (nSPS) is 32.1. The smallest absolute Gasteiger partial charge is 0.250 e. The van der Waals surface area contributed by atoms with Crippen molar-refractivity contribution in [3.8, 4) is 0 Å². The molecule has 0 radical (unpaired) electrons. The van der Waals surface area contributed by atoms with Gasteiger partial charge in [0.1, 0.15) is 11.4 Å². The van der Waals surface area contributed by atoms with Crippen LogP contribution >= 0.6 is 11.8 Å². The Kier molecular flexibility index (Phi) is 4.74. The van der Waals surface area contributed by atoms with Crippen LogP contribution < -0.4 is 10.6 Å². The number of hydrogen-bond acceptors (Lipinski definition) is 5. The lowest BCUT2D eigenvalue weighted by molar-refractivity contribution is -0.145. The Morgan fingerprint density at radius 1 is 1.29 bits per heavy atom. The molecule has 3 aliphatic rings. The quantitative estimate of drug-likeness (QED) is 0.734. The molecule has 0 aliphatic carbocycles. The molecule has 3 amide bonds. The van der Waals surface area contributed by atoms with E-state index < -0.39 is 23.2 Å². The standard InChI is InChI=1S/C20H24FN3O3S/c1-4-10(2)24-17(25)15-14(7-8-28-3)23-20(16(15)18(24)26)12-9-11(21)5-6-13(12)22-19(20)27/h5-6,9-10,14-16,23H,4,7-8H2,1-3H3,(H,22,27)/t10?,14?,15-,16+,20?/m1/s1. The van der Waals surface area contributed by atoms with Gasteiger partial charge in [0.25, 0.3) is 0 Å². The van der Waals surface area contributed by atoms with Crippen LogP contribution in [0.3, 0.4) is 0 Å². The molecule has 1 aromatic carbocycles. The minimum Gasteiger partial charge on any atom is -0.324 e. The first-order valence-corrected chi connectivity index (χ1v) is 11.0. The Balaban J connectivity index is 1.86. The summed E-state index contributed by atoms with van der Waals surface area (Å²) in [6.45, 7) is 3.77. The van der Waals surface area contributed by atoms with Crippen LogP contribution in [-0.2, 0) is 19.9 Å². The van der Waals surface area contributed by atoms with Crippen molar-refractivity contribution in [3.05, 3.63) is 29.6 Å². The number of thioether (sulfide) groups is 1. The van der Waals surface area contributed by atoms with Crippen LogP contribution in [0.25, 0.3) is 0 Å². The third-order valence-corrected chi connectivity index (χ3v) is 7.02. The molecule has 2 saturated heterocycles. The average Bonchev–Trinajstić information content (AvgIpc) is 3.25. The fourth-order valence-electron chi connectivity index (χ4n) is 4.91. The number of carbonyl (C=O) groups excluding carboxylic acids is 3. The van der Waals surface area contributed by atoms with E-state index in [2.05, 4.69) is 10.6 Å². The Labute approximate surface area is 167 Å². The fourth-order valence-corrected chi connectivity index (χ4v) is 5.40. The topological polar surface area (TPSA) is 78.5 Å². The van der Waals surface area contributed by atoms with Gasteiger partial charge in [0.2, 0.25) is 17.7 Å². The van der Waals surface area contributed by atoms with E-state index in [0.717, 1.165) is 5.75 Å². The van der Waals surface area contributed by atoms with Crippen molar-refractivity contribution in [1.29, 1.82) is 0 Å². The van der Waals surface area contributed by atoms with Gasteiger partial charge in [-0.2, -0.15) is 11.8 Å². The highest BCUT2D eigenvalue weighted by Gasteiger charge is 2.70. The van der Waals surface area contributed by atoms with Crippen LogP contribution in [0.4, 0.5) is 10.1 Å². The molecule has 3 heterocycles.